The molecule has 0 spiro atoms. The molecular formula is C13H20O3S2. The summed E-state index contributed by atoms with van der Waals surface area (Å²) in [5.41, 5.74) is 0. The lowest BCUT2D eigenvalue weighted by Gasteiger charge is -2.08. The summed E-state index contributed by atoms with van der Waals surface area (Å²) >= 11 is 6.43. The molecule has 0 saturated carbocycles. The molecule has 0 fully saturated rings. The van der Waals surface area contributed by atoms with E-state index in [1.807, 2.05) is 39.0 Å². The van der Waals surface area contributed by atoms with Crippen molar-refractivity contribution in [2.24, 2.45) is 0 Å². The van der Waals surface area contributed by atoms with Gasteiger partial charge in [0.1, 0.15) is 11.5 Å². The van der Waals surface area contributed by atoms with Crippen molar-refractivity contribution in [2.45, 2.75) is 25.7 Å². The van der Waals surface area contributed by atoms with Crippen molar-refractivity contribution in [3.05, 3.63) is 18.2 Å². The van der Waals surface area contributed by atoms with Gasteiger partial charge in [-0.1, -0.05) is 13.8 Å². The summed E-state index contributed by atoms with van der Waals surface area (Å²) in [7, 11) is 3.23. The van der Waals surface area contributed by atoms with E-state index in [0.29, 0.717) is 11.0 Å². The average molecular weight is 288 g/mol. The summed E-state index contributed by atoms with van der Waals surface area (Å²) in [5, 5.41) is 0. The molecule has 0 aliphatic heterocycles. The predicted molar refractivity (Wildman–Crippen MR) is 81.0 cm³/mol. The lowest BCUT2D eigenvalue weighted by molar-refractivity contribution is 0.346. The van der Waals surface area contributed by atoms with Crippen LogP contribution in [0.4, 0.5) is 0 Å². The zero-order valence-electron chi connectivity index (χ0n) is 11.5. The Morgan fingerprint density at radius 2 is 1.61 bits per heavy atom. The van der Waals surface area contributed by atoms with E-state index >= 15 is 0 Å². The van der Waals surface area contributed by atoms with Crippen LogP contribution in [0.3, 0.4) is 0 Å². The number of thioether (sulfide) groups is 1. The highest BCUT2D eigenvalue weighted by Crippen LogP contribution is 2.30. The maximum absolute atomic E-state index is 5.21. The van der Waals surface area contributed by atoms with Crippen LogP contribution in [0, 0.1) is 0 Å². The summed E-state index contributed by atoms with van der Waals surface area (Å²) < 4.78 is 16.0. The molecule has 1 rings (SSSR count). The van der Waals surface area contributed by atoms with Gasteiger partial charge in [0, 0.05) is 11.0 Å². The lowest BCUT2D eigenvalue weighted by atomic mass is 10.3. The standard InChI is InChI=1S/C11H14O3S2.C2H6/c1-4-14-11(15)16-10-6-8(12-2)5-9(7-10)13-3;1-2/h5-7H,4H2,1-3H3;1-2H3. The van der Waals surface area contributed by atoms with E-state index in [-0.39, 0.29) is 0 Å². The molecule has 0 saturated heterocycles. The van der Waals surface area contributed by atoms with Crippen molar-refractivity contribution < 1.29 is 14.2 Å². The third kappa shape index (κ3) is 6.12. The van der Waals surface area contributed by atoms with Crippen LogP contribution in [0.1, 0.15) is 20.8 Å². The number of methoxy groups -OCH3 is 2. The first kappa shape index (κ1) is 17.1. The topological polar surface area (TPSA) is 27.7 Å². The minimum atomic E-state index is 0.498. The number of ether oxygens (including phenoxy) is 3. The Kier molecular flexibility index (Phi) is 9.50. The molecule has 0 radical (unpaired) electrons. The minimum Gasteiger partial charge on any atom is -0.497 e. The zero-order valence-corrected chi connectivity index (χ0v) is 13.1. The molecule has 0 aromatic heterocycles. The monoisotopic (exact) mass is 288 g/mol. The largest absolute Gasteiger partial charge is 0.497 e. The van der Waals surface area contributed by atoms with Gasteiger partial charge in [-0.15, -0.1) is 0 Å². The van der Waals surface area contributed by atoms with Crippen LogP contribution in [0.25, 0.3) is 0 Å². The van der Waals surface area contributed by atoms with Gasteiger partial charge in [0.2, 0.25) is 4.38 Å². The van der Waals surface area contributed by atoms with Crippen molar-refractivity contribution in [1.29, 1.82) is 0 Å². The molecule has 0 atom stereocenters. The summed E-state index contributed by atoms with van der Waals surface area (Å²) in [6.45, 7) is 6.48. The summed E-state index contributed by atoms with van der Waals surface area (Å²) in [6.07, 6.45) is 0. The summed E-state index contributed by atoms with van der Waals surface area (Å²) in [4.78, 5) is 0.939. The van der Waals surface area contributed by atoms with E-state index in [4.69, 9.17) is 26.4 Å². The lowest BCUT2D eigenvalue weighted by Crippen LogP contribution is -1.96. The molecule has 18 heavy (non-hydrogen) atoms. The van der Waals surface area contributed by atoms with Crippen LogP contribution >= 0.6 is 24.0 Å². The quantitative estimate of drug-likeness (QED) is 0.613. The number of hydrogen-bond acceptors (Lipinski definition) is 5. The minimum absolute atomic E-state index is 0.498. The van der Waals surface area contributed by atoms with Crippen LogP contribution in [-0.4, -0.2) is 25.2 Å². The average Bonchev–Trinajstić information content (AvgIpc) is 2.40. The Hall–Kier alpha value is -0.940. The third-order valence-corrected chi connectivity index (χ3v) is 2.91. The maximum atomic E-state index is 5.21. The molecule has 102 valence electrons. The molecule has 3 nitrogen and oxygen atoms in total. The van der Waals surface area contributed by atoms with Gasteiger partial charge in [0.25, 0.3) is 0 Å². The Balaban J connectivity index is 0.00000137. The number of hydrogen-bond donors (Lipinski definition) is 0. The van der Waals surface area contributed by atoms with Crippen LogP contribution in [0.2, 0.25) is 0 Å². The smallest absolute Gasteiger partial charge is 0.224 e. The Bertz CT molecular complexity index is 345. The normalized spacial score (nSPS) is 8.94. The number of benzene rings is 1. The molecule has 0 aliphatic rings. The molecule has 0 amide bonds. The van der Waals surface area contributed by atoms with Crippen molar-refractivity contribution in [1.82, 2.24) is 0 Å². The second kappa shape index (κ2) is 10.0. The van der Waals surface area contributed by atoms with Crippen molar-refractivity contribution in [3.63, 3.8) is 0 Å². The Morgan fingerprint density at radius 1 is 1.11 bits per heavy atom. The third-order valence-electron chi connectivity index (χ3n) is 1.79. The van der Waals surface area contributed by atoms with Gasteiger partial charge >= 0.3 is 0 Å². The molecule has 0 unspecified atom stereocenters. The molecule has 1 aromatic carbocycles. The molecule has 0 heterocycles. The van der Waals surface area contributed by atoms with Crippen molar-refractivity contribution in [3.8, 4) is 11.5 Å². The molecular weight excluding hydrogens is 268 g/mol. The Morgan fingerprint density at radius 3 is 2.00 bits per heavy atom. The fourth-order valence-electron chi connectivity index (χ4n) is 1.08. The van der Waals surface area contributed by atoms with E-state index in [1.54, 1.807) is 14.2 Å². The van der Waals surface area contributed by atoms with Gasteiger partial charge in [0.15, 0.2) is 0 Å². The Labute approximate surface area is 119 Å². The van der Waals surface area contributed by atoms with E-state index in [2.05, 4.69) is 0 Å². The molecule has 1 aromatic rings. The molecule has 5 heteroatoms. The highest BCUT2D eigenvalue weighted by Gasteiger charge is 2.05. The van der Waals surface area contributed by atoms with Gasteiger partial charge in [-0.3, -0.25) is 0 Å². The van der Waals surface area contributed by atoms with Crippen molar-refractivity contribution in [2.75, 3.05) is 20.8 Å². The molecule has 0 N–H and O–H groups in total. The highest BCUT2D eigenvalue weighted by molar-refractivity contribution is 8.22. The van der Waals surface area contributed by atoms with E-state index in [0.717, 1.165) is 16.4 Å². The van der Waals surface area contributed by atoms with Gasteiger partial charge < -0.3 is 14.2 Å². The first-order valence-corrected chi connectivity index (χ1v) is 6.99. The van der Waals surface area contributed by atoms with Gasteiger partial charge in [-0.2, -0.15) is 0 Å². The van der Waals surface area contributed by atoms with Crippen molar-refractivity contribution >= 4 is 28.4 Å². The first-order valence-electron chi connectivity index (χ1n) is 5.77. The molecule has 0 bridgehead atoms. The summed E-state index contributed by atoms with van der Waals surface area (Å²) in [5.74, 6) is 1.47. The fourth-order valence-corrected chi connectivity index (χ4v) is 2.21. The maximum Gasteiger partial charge on any atom is 0.224 e. The van der Waals surface area contributed by atoms with E-state index in [9.17, 15) is 0 Å². The van der Waals surface area contributed by atoms with Crippen LogP contribution in [-0.2, 0) is 4.74 Å². The van der Waals surface area contributed by atoms with Gasteiger partial charge in [-0.05, 0) is 43.0 Å². The second-order valence-electron chi connectivity index (χ2n) is 2.83. The van der Waals surface area contributed by atoms with Crippen LogP contribution in [0.5, 0.6) is 11.5 Å². The fraction of sp³-hybridized carbons (Fsp3) is 0.462. The summed E-state index contributed by atoms with van der Waals surface area (Å²) in [6, 6.07) is 5.59. The number of thiocarbonyl (C=S) groups is 1. The second-order valence-corrected chi connectivity index (χ2v) is 4.51. The predicted octanol–water partition coefficient (Wildman–Crippen LogP) is 4.14. The number of rotatable bonds is 4. The van der Waals surface area contributed by atoms with E-state index in [1.165, 1.54) is 11.8 Å². The first-order chi connectivity index (χ1) is 8.69. The van der Waals surface area contributed by atoms with Crippen LogP contribution in [0.15, 0.2) is 23.1 Å². The van der Waals surface area contributed by atoms with Gasteiger partial charge in [0.05, 0.1) is 20.8 Å². The highest BCUT2D eigenvalue weighted by atomic mass is 32.2. The van der Waals surface area contributed by atoms with Crippen LogP contribution < -0.4 is 9.47 Å². The SMILES string of the molecule is CC.CCOC(=S)Sc1cc(OC)cc(OC)c1. The zero-order chi connectivity index (χ0) is 14.0. The van der Waals surface area contributed by atoms with Gasteiger partial charge in [-0.25, -0.2) is 0 Å². The molecule has 0 aliphatic carbocycles. The van der Waals surface area contributed by atoms with E-state index < -0.39 is 0 Å².